The summed E-state index contributed by atoms with van der Waals surface area (Å²) in [6.45, 7) is 3.80. The maximum absolute atomic E-state index is 12.7. The normalized spacial score (nSPS) is 9.93. The molecule has 0 atom stereocenters. The van der Waals surface area contributed by atoms with E-state index in [-0.39, 0.29) is 12.4 Å². The standard InChI is InChI=1S/C10H12FNO2/c1-3-14-10(13)5-9-7(2)4-8(11)6-12-9/h4,6H,3,5H2,1-2H3. The third-order valence-corrected chi connectivity index (χ3v) is 1.77. The van der Waals surface area contributed by atoms with E-state index in [9.17, 15) is 9.18 Å². The van der Waals surface area contributed by atoms with Crippen LogP contribution in [0.2, 0.25) is 0 Å². The topological polar surface area (TPSA) is 39.2 Å². The molecule has 0 bridgehead atoms. The molecule has 0 aliphatic heterocycles. The molecule has 0 fully saturated rings. The number of carbonyl (C=O) groups is 1. The summed E-state index contributed by atoms with van der Waals surface area (Å²) in [5.74, 6) is -0.732. The van der Waals surface area contributed by atoms with E-state index in [2.05, 4.69) is 4.98 Å². The van der Waals surface area contributed by atoms with Gasteiger partial charge in [-0.05, 0) is 25.5 Å². The van der Waals surface area contributed by atoms with Crippen molar-refractivity contribution in [3.63, 3.8) is 0 Å². The van der Waals surface area contributed by atoms with Gasteiger partial charge < -0.3 is 4.74 Å². The van der Waals surface area contributed by atoms with Crippen LogP contribution in [0, 0.1) is 12.7 Å². The number of nitrogens with zero attached hydrogens (tertiary/aromatic N) is 1. The largest absolute Gasteiger partial charge is 0.466 e. The van der Waals surface area contributed by atoms with Crippen LogP contribution in [0.5, 0.6) is 0 Å². The zero-order chi connectivity index (χ0) is 10.6. The molecule has 1 aromatic heterocycles. The fourth-order valence-corrected chi connectivity index (χ4v) is 1.10. The highest BCUT2D eigenvalue weighted by Crippen LogP contribution is 2.07. The van der Waals surface area contributed by atoms with Crippen molar-refractivity contribution < 1.29 is 13.9 Å². The van der Waals surface area contributed by atoms with Crippen LogP contribution < -0.4 is 0 Å². The minimum absolute atomic E-state index is 0.0972. The third kappa shape index (κ3) is 2.80. The van der Waals surface area contributed by atoms with Gasteiger partial charge in [-0.25, -0.2) is 4.39 Å². The summed E-state index contributed by atoms with van der Waals surface area (Å²) >= 11 is 0. The van der Waals surface area contributed by atoms with Crippen LogP contribution in [-0.4, -0.2) is 17.6 Å². The van der Waals surface area contributed by atoms with Gasteiger partial charge in [0, 0.05) is 0 Å². The number of halogens is 1. The Bertz CT molecular complexity index is 339. The fraction of sp³-hybridized carbons (Fsp3) is 0.400. The van der Waals surface area contributed by atoms with Crippen LogP contribution in [0.1, 0.15) is 18.2 Å². The second-order valence-electron chi connectivity index (χ2n) is 2.90. The number of pyridine rings is 1. The van der Waals surface area contributed by atoms with Crippen molar-refractivity contribution in [1.82, 2.24) is 4.98 Å². The highest BCUT2D eigenvalue weighted by molar-refractivity contribution is 5.72. The first kappa shape index (κ1) is 10.6. The number of rotatable bonds is 3. The number of hydrogen-bond donors (Lipinski definition) is 0. The van der Waals surface area contributed by atoms with Gasteiger partial charge in [-0.2, -0.15) is 0 Å². The van der Waals surface area contributed by atoms with E-state index >= 15 is 0 Å². The van der Waals surface area contributed by atoms with Crippen LogP contribution in [0.15, 0.2) is 12.3 Å². The van der Waals surface area contributed by atoms with Gasteiger partial charge in [0.2, 0.25) is 0 Å². The second-order valence-corrected chi connectivity index (χ2v) is 2.90. The smallest absolute Gasteiger partial charge is 0.311 e. The SMILES string of the molecule is CCOC(=O)Cc1ncc(F)cc1C. The molecule has 3 nitrogen and oxygen atoms in total. The predicted octanol–water partition coefficient (Wildman–Crippen LogP) is 1.63. The summed E-state index contributed by atoms with van der Waals surface area (Å²) < 4.78 is 17.4. The van der Waals surface area contributed by atoms with Crippen LogP contribution in [0.3, 0.4) is 0 Å². The number of carbonyl (C=O) groups excluding carboxylic acids is 1. The van der Waals surface area contributed by atoms with Crippen LogP contribution in [-0.2, 0) is 16.0 Å². The van der Waals surface area contributed by atoms with Gasteiger partial charge in [-0.1, -0.05) is 0 Å². The summed E-state index contributed by atoms with van der Waals surface area (Å²) in [6.07, 6.45) is 1.20. The minimum atomic E-state index is -0.393. The van der Waals surface area contributed by atoms with Crippen molar-refractivity contribution in [2.75, 3.05) is 6.61 Å². The molecular weight excluding hydrogens is 185 g/mol. The Labute approximate surface area is 81.9 Å². The first-order chi connectivity index (χ1) is 6.63. The lowest BCUT2D eigenvalue weighted by atomic mass is 10.1. The molecule has 1 aromatic rings. The molecule has 0 saturated heterocycles. The van der Waals surface area contributed by atoms with Crippen molar-refractivity contribution in [3.8, 4) is 0 Å². The van der Waals surface area contributed by atoms with Gasteiger partial charge in [0.1, 0.15) is 5.82 Å². The minimum Gasteiger partial charge on any atom is -0.466 e. The van der Waals surface area contributed by atoms with Crippen molar-refractivity contribution >= 4 is 5.97 Å². The number of ether oxygens (including phenoxy) is 1. The number of hydrogen-bond acceptors (Lipinski definition) is 3. The van der Waals surface area contributed by atoms with E-state index in [1.807, 2.05) is 0 Å². The van der Waals surface area contributed by atoms with Gasteiger partial charge in [0.15, 0.2) is 0 Å². The lowest BCUT2D eigenvalue weighted by Crippen LogP contribution is -2.10. The molecule has 0 unspecified atom stereocenters. The maximum Gasteiger partial charge on any atom is 0.311 e. The molecule has 0 spiro atoms. The van der Waals surface area contributed by atoms with Gasteiger partial charge in [0.25, 0.3) is 0 Å². The Morgan fingerprint density at radius 1 is 1.64 bits per heavy atom. The average Bonchev–Trinajstić information content (AvgIpc) is 2.10. The van der Waals surface area contributed by atoms with Crippen molar-refractivity contribution in [1.29, 1.82) is 0 Å². The first-order valence-electron chi connectivity index (χ1n) is 4.40. The second kappa shape index (κ2) is 4.69. The maximum atomic E-state index is 12.7. The van der Waals surface area contributed by atoms with Gasteiger partial charge in [-0.3, -0.25) is 9.78 Å². The molecule has 4 heteroatoms. The molecular formula is C10H12FNO2. The number of aromatic nitrogens is 1. The molecule has 0 aromatic carbocycles. The molecule has 0 N–H and O–H groups in total. The van der Waals surface area contributed by atoms with E-state index in [1.165, 1.54) is 6.07 Å². The summed E-state index contributed by atoms with van der Waals surface area (Å²) in [6, 6.07) is 1.35. The van der Waals surface area contributed by atoms with Crippen molar-refractivity contribution in [3.05, 3.63) is 29.3 Å². The Balaban J connectivity index is 2.72. The lowest BCUT2D eigenvalue weighted by Gasteiger charge is -2.04. The van der Waals surface area contributed by atoms with Crippen LogP contribution in [0.4, 0.5) is 4.39 Å². The van der Waals surface area contributed by atoms with Gasteiger partial charge in [-0.15, -0.1) is 0 Å². The molecule has 0 aliphatic rings. The number of aryl methyl sites for hydroxylation is 1. The summed E-state index contributed by atoms with van der Waals surface area (Å²) in [4.78, 5) is 14.9. The highest BCUT2D eigenvalue weighted by atomic mass is 19.1. The Hall–Kier alpha value is -1.45. The van der Waals surface area contributed by atoms with E-state index < -0.39 is 5.82 Å². The molecule has 1 rings (SSSR count). The summed E-state index contributed by atoms with van der Waals surface area (Å²) in [5.41, 5.74) is 1.22. The van der Waals surface area contributed by atoms with Crippen molar-refractivity contribution in [2.24, 2.45) is 0 Å². The molecule has 0 aliphatic carbocycles. The Morgan fingerprint density at radius 2 is 2.36 bits per heavy atom. The van der Waals surface area contributed by atoms with E-state index in [1.54, 1.807) is 13.8 Å². The Kier molecular flexibility index (Phi) is 3.56. The quantitative estimate of drug-likeness (QED) is 0.691. The highest BCUT2D eigenvalue weighted by Gasteiger charge is 2.08. The fourth-order valence-electron chi connectivity index (χ4n) is 1.10. The summed E-state index contributed by atoms with van der Waals surface area (Å²) in [5, 5.41) is 0. The van der Waals surface area contributed by atoms with Crippen LogP contribution in [0.25, 0.3) is 0 Å². The molecule has 0 amide bonds. The summed E-state index contributed by atoms with van der Waals surface area (Å²) in [7, 11) is 0. The van der Waals surface area contributed by atoms with E-state index in [0.29, 0.717) is 17.9 Å². The molecule has 76 valence electrons. The molecule has 14 heavy (non-hydrogen) atoms. The molecule has 1 heterocycles. The monoisotopic (exact) mass is 197 g/mol. The molecule has 0 saturated carbocycles. The first-order valence-corrected chi connectivity index (χ1v) is 4.40. The Morgan fingerprint density at radius 3 is 2.93 bits per heavy atom. The third-order valence-electron chi connectivity index (χ3n) is 1.77. The van der Waals surface area contributed by atoms with Crippen molar-refractivity contribution in [2.45, 2.75) is 20.3 Å². The van der Waals surface area contributed by atoms with Crippen LogP contribution >= 0.6 is 0 Å². The lowest BCUT2D eigenvalue weighted by molar-refractivity contribution is -0.142. The van der Waals surface area contributed by atoms with Gasteiger partial charge >= 0.3 is 5.97 Å². The van der Waals surface area contributed by atoms with E-state index in [4.69, 9.17) is 4.74 Å². The van der Waals surface area contributed by atoms with Gasteiger partial charge in [0.05, 0.1) is 24.9 Å². The zero-order valence-corrected chi connectivity index (χ0v) is 8.21. The van der Waals surface area contributed by atoms with E-state index in [0.717, 1.165) is 6.20 Å². The zero-order valence-electron chi connectivity index (χ0n) is 8.21. The average molecular weight is 197 g/mol. The predicted molar refractivity (Wildman–Crippen MR) is 49.3 cm³/mol. The molecule has 0 radical (unpaired) electrons. The number of esters is 1.